The lowest BCUT2D eigenvalue weighted by Gasteiger charge is -2.38. The first-order valence-corrected chi connectivity index (χ1v) is 12.6. The molecule has 0 aliphatic carbocycles. The Balaban J connectivity index is 1.38. The van der Waals surface area contributed by atoms with E-state index in [1.807, 2.05) is 12.1 Å². The number of aryl methyl sites for hydroxylation is 1. The molecule has 0 unspecified atom stereocenters. The lowest BCUT2D eigenvalue weighted by molar-refractivity contribution is -0.137. The Morgan fingerprint density at radius 3 is 2.62 bits per heavy atom. The van der Waals surface area contributed by atoms with E-state index >= 15 is 0 Å². The maximum atomic E-state index is 13.4. The van der Waals surface area contributed by atoms with Crippen LogP contribution in [0.2, 0.25) is 0 Å². The number of nitrogens with zero attached hydrogens (tertiary/aromatic N) is 4. The van der Waals surface area contributed by atoms with Gasteiger partial charge in [0.05, 0.1) is 11.3 Å². The molecule has 2 aliphatic rings. The first-order chi connectivity index (χ1) is 17.8. The molecular formula is C28H31F3N4O2. The predicted octanol–water partition coefficient (Wildman–Crippen LogP) is 5.48. The fraction of sp³-hybridized carbons (Fsp3) is 0.429. The highest BCUT2D eigenvalue weighted by Crippen LogP contribution is 2.40. The summed E-state index contributed by atoms with van der Waals surface area (Å²) in [6.07, 6.45) is -1.44. The Labute approximate surface area is 215 Å². The molecule has 0 radical (unpaired) electrons. The number of hydrogen-bond donors (Lipinski definition) is 0. The van der Waals surface area contributed by atoms with Crippen LogP contribution in [0, 0.1) is 6.92 Å². The van der Waals surface area contributed by atoms with Gasteiger partial charge in [-0.05, 0) is 62.1 Å². The van der Waals surface area contributed by atoms with Crippen LogP contribution < -0.4 is 9.64 Å². The number of methoxy groups -OCH3 is 1. The molecule has 6 nitrogen and oxygen atoms in total. The molecule has 0 amide bonds. The normalized spacial score (nSPS) is 18.2. The van der Waals surface area contributed by atoms with Crippen molar-refractivity contribution in [2.75, 3.05) is 38.4 Å². The van der Waals surface area contributed by atoms with Crippen molar-refractivity contribution in [2.45, 2.75) is 44.9 Å². The van der Waals surface area contributed by atoms with E-state index in [4.69, 9.17) is 9.47 Å². The SMILES string of the molecule is COCOc1cc(C(F)(F)F)cc(C)c1-c1cc2c(nn1)N([C@@H]1CCCN(Cc3ccccc3)C1)CC2. The van der Waals surface area contributed by atoms with Gasteiger partial charge < -0.3 is 14.4 Å². The molecule has 3 heterocycles. The number of rotatable bonds is 7. The van der Waals surface area contributed by atoms with Crippen LogP contribution in [0.1, 0.15) is 35.1 Å². The predicted molar refractivity (Wildman–Crippen MR) is 136 cm³/mol. The molecule has 1 atom stereocenters. The zero-order valence-electron chi connectivity index (χ0n) is 21.1. The maximum absolute atomic E-state index is 13.4. The van der Waals surface area contributed by atoms with Crippen LogP contribution in [0.3, 0.4) is 0 Å². The summed E-state index contributed by atoms with van der Waals surface area (Å²) >= 11 is 0. The molecule has 0 N–H and O–H groups in total. The molecule has 1 saturated heterocycles. The minimum absolute atomic E-state index is 0.0853. The Morgan fingerprint density at radius 2 is 1.86 bits per heavy atom. The molecule has 1 aromatic heterocycles. The molecule has 0 saturated carbocycles. The lowest BCUT2D eigenvalue weighted by Crippen LogP contribution is -2.47. The van der Waals surface area contributed by atoms with Gasteiger partial charge in [0.25, 0.3) is 0 Å². The van der Waals surface area contributed by atoms with Crippen molar-refractivity contribution >= 4 is 5.82 Å². The minimum atomic E-state index is -4.48. The average Bonchev–Trinajstić information content (AvgIpc) is 3.31. The number of piperidine rings is 1. The van der Waals surface area contributed by atoms with Gasteiger partial charge in [-0.25, -0.2) is 0 Å². The second kappa shape index (κ2) is 10.7. The number of anilines is 1. The summed E-state index contributed by atoms with van der Waals surface area (Å²) in [4.78, 5) is 4.85. The standard InChI is InChI=1S/C28H31F3N4O2/c1-19-13-22(28(29,30)31)15-25(37-18-36-2)26(19)24-14-21-10-12-35(27(21)33-32-24)23-9-6-11-34(17-23)16-20-7-4-3-5-8-20/h3-5,7-8,13-15,23H,6,9-12,16-18H2,1-2H3/t23-/m1/s1. The van der Waals surface area contributed by atoms with Crippen molar-refractivity contribution in [3.8, 4) is 17.0 Å². The fourth-order valence-electron chi connectivity index (χ4n) is 5.43. The summed E-state index contributed by atoms with van der Waals surface area (Å²) in [7, 11) is 1.43. The number of hydrogen-bond acceptors (Lipinski definition) is 6. The number of ether oxygens (including phenoxy) is 2. The summed E-state index contributed by atoms with van der Waals surface area (Å²) in [5, 5.41) is 9.05. The van der Waals surface area contributed by atoms with E-state index in [1.165, 1.54) is 12.7 Å². The molecule has 3 aromatic rings. The molecule has 1 fully saturated rings. The molecule has 37 heavy (non-hydrogen) atoms. The van der Waals surface area contributed by atoms with Gasteiger partial charge >= 0.3 is 6.18 Å². The maximum Gasteiger partial charge on any atom is 0.416 e. The smallest absolute Gasteiger partial charge is 0.416 e. The van der Waals surface area contributed by atoms with Gasteiger partial charge in [-0.1, -0.05) is 30.3 Å². The number of alkyl halides is 3. The molecule has 2 aliphatic heterocycles. The van der Waals surface area contributed by atoms with E-state index in [1.54, 1.807) is 6.92 Å². The summed E-state index contributed by atoms with van der Waals surface area (Å²) < 4.78 is 50.8. The Morgan fingerprint density at radius 1 is 1.05 bits per heavy atom. The van der Waals surface area contributed by atoms with Crippen LogP contribution in [-0.2, 0) is 23.9 Å². The summed E-state index contributed by atoms with van der Waals surface area (Å²) in [6, 6.07) is 14.9. The van der Waals surface area contributed by atoms with Gasteiger partial charge in [0, 0.05) is 43.9 Å². The molecule has 196 valence electrons. The van der Waals surface area contributed by atoms with E-state index in [0.717, 1.165) is 69.0 Å². The van der Waals surface area contributed by atoms with Crippen LogP contribution >= 0.6 is 0 Å². The van der Waals surface area contributed by atoms with Crippen LogP contribution in [0.5, 0.6) is 5.75 Å². The minimum Gasteiger partial charge on any atom is -0.467 e. The topological polar surface area (TPSA) is 50.7 Å². The van der Waals surface area contributed by atoms with Gasteiger partial charge in [0.2, 0.25) is 0 Å². The highest BCUT2D eigenvalue weighted by atomic mass is 19.4. The van der Waals surface area contributed by atoms with Gasteiger partial charge in [-0.3, -0.25) is 4.90 Å². The third kappa shape index (κ3) is 5.57. The Bertz CT molecular complexity index is 1240. The summed E-state index contributed by atoms with van der Waals surface area (Å²) in [5.74, 6) is 0.960. The second-order valence-corrected chi connectivity index (χ2v) is 9.75. The fourth-order valence-corrected chi connectivity index (χ4v) is 5.43. The number of fused-ring (bicyclic) bond motifs is 1. The largest absolute Gasteiger partial charge is 0.467 e. The van der Waals surface area contributed by atoms with Crippen molar-refractivity contribution < 1.29 is 22.6 Å². The quantitative estimate of drug-likeness (QED) is 0.391. The Hall–Kier alpha value is -3.17. The van der Waals surface area contributed by atoms with E-state index < -0.39 is 11.7 Å². The number of halogens is 3. The third-order valence-electron chi connectivity index (χ3n) is 7.13. The average molecular weight is 513 g/mol. The van der Waals surface area contributed by atoms with Gasteiger partial charge in [-0.2, -0.15) is 13.2 Å². The van der Waals surface area contributed by atoms with Crippen LogP contribution in [0.15, 0.2) is 48.5 Å². The molecule has 9 heteroatoms. The molecule has 2 aromatic carbocycles. The van der Waals surface area contributed by atoms with E-state index in [0.29, 0.717) is 22.9 Å². The van der Waals surface area contributed by atoms with Crippen LogP contribution in [0.4, 0.5) is 19.0 Å². The zero-order chi connectivity index (χ0) is 26.0. The van der Waals surface area contributed by atoms with E-state index in [-0.39, 0.29) is 12.5 Å². The first-order valence-electron chi connectivity index (χ1n) is 12.6. The summed E-state index contributed by atoms with van der Waals surface area (Å²) in [5.41, 5.74) is 3.04. The van der Waals surface area contributed by atoms with E-state index in [2.05, 4.69) is 44.3 Å². The highest BCUT2D eigenvalue weighted by molar-refractivity contribution is 5.73. The molecular weight excluding hydrogens is 481 g/mol. The highest BCUT2D eigenvalue weighted by Gasteiger charge is 2.34. The molecule has 0 bridgehead atoms. The monoisotopic (exact) mass is 512 g/mol. The van der Waals surface area contributed by atoms with Crippen molar-refractivity contribution in [3.05, 3.63) is 70.8 Å². The number of aromatic nitrogens is 2. The first kappa shape index (κ1) is 25.5. The number of likely N-dealkylation sites (tertiary alicyclic amines) is 1. The summed E-state index contributed by atoms with van der Waals surface area (Å²) in [6.45, 7) is 5.30. The van der Waals surface area contributed by atoms with Crippen molar-refractivity contribution in [1.82, 2.24) is 15.1 Å². The van der Waals surface area contributed by atoms with Crippen LogP contribution in [-0.4, -0.2) is 54.7 Å². The number of benzene rings is 2. The van der Waals surface area contributed by atoms with Crippen molar-refractivity contribution in [1.29, 1.82) is 0 Å². The zero-order valence-corrected chi connectivity index (χ0v) is 21.1. The van der Waals surface area contributed by atoms with Crippen molar-refractivity contribution in [2.24, 2.45) is 0 Å². The van der Waals surface area contributed by atoms with Gasteiger partial charge in [0.1, 0.15) is 5.75 Å². The Kier molecular flexibility index (Phi) is 7.35. The van der Waals surface area contributed by atoms with Crippen LogP contribution in [0.25, 0.3) is 11.3 Å². The van der Waals surface area contributed by atoms with Gasteiger partial charge in [-0.15, -0.1) is 10.2 Å². The van der Waals surface area contributed by atoms with Gasteiger partial charge in [0.15, 0.2) is 12.6 Å². The van der Waals surface area contributed by atoms with Crippen molar-refractivity contribution in [3.63, 3.8) is 0 Å². The third-order valence-corrected chi connectivity index (χ3v) is 7.13. The molecule has 0 spiro atoms. The van der Waals surface area contributed by atoms with E-state index in [9.17, 15) is 13.2 Å². The lowest BCUT2D eigenvalue weighted by atomic mass is 9.99. The second-order valence-electron chi connectivity index (χ2n) is 9.75. The molecule has 5 rings (SSSR count).